The first-order valence-corrected chi connectivity index (χ1v) is 25.0. The number of carbonyl (C=O) groups is 1. The summed E-state index contributed by atoms with van der Waals surface area (Å²) in [5, 5.41) is 0. The SMILES string of the molecule is CCCCOC(=O)CCCC1(c2ccccc2)C2C3CC4CC5=C[C@H]6C[C@H]7CC8CC9CC%10=CC21C1C%10C2C9C9C%10C%11=C(C7C89)C6C6C5C4C4C3C1C(C%102)C4C%116. The van der Waals surface area contributed by atoms with E-state index in [0.717, 1.165) is 173 Å². The first-order chi connectivity index (χ1) is 27.7. The van der Waals surface area contributed by atoms with Gasteiger partial charge in [-0.15, -0.1) is 0 Å². The van der Waals surface area contributed by atoms with Crippen LogP contribution in [0, 0.1) is 159 Å². The van der Waals surface area contributed by atoms with E-state index in [-0.39, 0.29) is 11.4 Å². The molecule has 26 unspecified atom stereocenters. The van der Waals surface area contributed by atoms with Gasteiger partial charge in [0.05, 0.1) is 6.61 Å². The largest absolute Gasteiger partial charge is 0.466 e. The average Bonchev–Trinajstić information content (AvgIpc) is 3.89. The van der Waals surface area contributed by atoms with Gasteiger partial charge in [0.25, 0.3) is 0 Å². The van der Waals surface area contributed by atoms with Crippen LogP contribution in [0.2, 0.25) is 0 Å². The molecule has 2 heteroatoms. The smallest absolute Gasteiger partial charge is 0.305 e. The lowest BCUT2D eigenvalue weighted by Crippen LogP contribution is -2.56. The molecule has 0 aromatic heterocycles. The highest BCUT2D eigenvalue weighted by atomic mass is 16.5. The van der Waals surface area contributed by atoms with Crippen LogP contribution in [0.4, 0.5) is 0 Å². The number of carbonyl (C=O) groups excluding carboxylic acids is 1. The predicted octanol–water partition coefficient (Wildman–Crippen LogP) is 10.2. The van der Waals surface area contributed by atoms with Crippen LogP contribution < -0.4 is 0 Å². The Balaban J connectivity index is 0.894. The molecule has 1 aromatic rings. The van der Waals surface area contributed by atoms with Gasteiger partial charge in [0.15, 0.2) is 0 Å². The summed E-state index contributed by atoms with van der Waals surface area (Å²) in [7, 11) is 0. The maximum Gasteiger partial charge on any atom is 0.305 e. The first kappa shape index (κ1) is 30.0. The zero-order valence-electron chi connectivity index (χ0n) is 33.4. The van der Waals surface area contributed by atoms with Gasteiger partial charge in [0, 0.05) is 17.3 Å². The van der Waals surface area contributed by atoms with Crippen LogP contribution in [0.5, 0.6) is 0 Å². The lowest BCUT2D eigenvalue weighted by atomic mass is 9.44. The number of benzene rings is 1. The highest BCUT2D eigenvalue weighted by Crippen LogP contribution is 2.97. The Morgan fingerprint density at radius 1 is 0.661 bits per heavy atom. The molecule has 2 nitrogen and oxygen atoms in total. The molecule has 13 saturated carbocycles. The Labute approximate surface area is 333 Å². The summed E-state index contributed by atoms with van der Waals surface area (Å²) in [6, 6.07) is 12.3. The fraction of sp³-hybridized carbons (Fsp3) is 0.759. The molecule has 28 atom stereocenters. The summed E-state index contributed by atoms with van der Waals surface area (Å²) in [6.45, 7) is 2.80. The number of rotatable bonds is 8. The van der Waals surface area contributed by atoms with Gasteiger partial charge in [-0.2, -0.15) is 0 Å². The van der Waals surface area contributed by atoms with Gasteiger partial charge in [-0.25, -0.2) is 0 Å². The van der Waals surface area contributed by atoms with Crippen LogP contribution in [-0.4, -0.2) is 12.6 Å². The Morgan fingerprint density at radius 3 is 2.32 bits per heavy atom. The van der Waals surface area contributed by atoms with E-state index in [1.54, 1.807) is 31.2 Å². The van der Waals surface area contributed by atoms with Crippen LogP contribution in [0.1, 0.15) is 83.1 Å². The number of fused-ring (bicyclic) bond motifs is 1. The summed E-state index contributed by atoms with van der Waals surface area (Å²) < 4.78 is 5.84. The van der Waals surface area contributed by atoms with Crippen LogP contribution in [0.3, 0.4) is 0 Å². The van der Waals surface area contributed by atoms with E-state index < -0.39 is 0 Å². The predicted molar refractivity (Wildman–Crippen MR) is 212 cm³/mol. The average molecular weight is 741 g/mol. The second kappa shape index (κ2) is 8.99. The van der Waals surface area contributed by atoms with E-state index in [1.807, 2.05) is 5.57 Å². The van der Waals surface area contributed by atoms with Crippen LogP contribution in [0.15, 0.2) is 64.8 Å². The minimum atomic E-state index is 0.0697. The van der Waals surface area contributed by atoms with Gasteiger partial charge in [0.1, 0.15) is 0 Å². The fourth-order valence-corrected chi connectivity index (χ4v) is 26.1. The standard InChI is InChI=1S/C54H60O2/c1-2-3-12-56-30(55)10-7-11-53(28-8-5-4-6-9-28)52-29-19-26-17-23-15-24-14-21-13-22-16-25-18-27-20-54(52,53)51-37(27)42-36(25)41-32(22)31(21)39-35(24)40-33(23)34(26)43-38(29)50(51)49-47(42)45(41)44(39)46(40)48(43)49/h4-6,8-9,15,20-22,24-26,29,31-38,40-43,45-52H,2-3,7,10-14,16-19H2,1H3/t21-,22?,24-,25?,26?,29?,31?,32?,33?,34?,35?,36?,37?,38?,40?,41?,42?,43?,45?,46?,47?,48?,49?,50?,51?,52?,53?,54?/m1/s1. The molecule has 0 N–H and O–H groups in total. The summed E-state index contributed by atoms with van der Waals surface area (Å²) in [5.74, 6) is 26.0. The lowest BCUT2D eigenvalue weighted by molar-refractivity contribution is -0.143. The minimum absolute atomic E-state index is 0.0697. The number of ether oxygens (including phenoxy) is 1. The molecule has 17 aliphatic carbocycles. The molecular formula is C54H60O2. The van der Waals surface area contributed by atoms with Crippen LogP contribution >= 0.6 is 0 Å². The van der Waals surface area contributed by atoms with Crippen molar-refractivity contribution in [3.8, 4) is 0 Å². The number of hydrogen-bond acceptors (Lipinski definition) is 2. The normalized spacial score (nSPS) is 65.6. The lowest BCUT2D eigenvalue weighted by Gasteiger charge is -2.60. The van der Waals surface area contributed by atoms with Crippen molar-refractivity contribution in [2.24, 2.45) is 159 Å². The third-order valence-corrected chi connectivity index (χ3v) is 25.1. The molecule has 0 heterocycles. The summed E-state index contributed by atoms with van der Waals surface area (Å²) in [6.07, 6.45) is 20.5. The second-order valence-electron chi connectivity index (χ2n) is 24.9. The number of esters is 1. The zero-order chi connectivity index (χ0) is 35.6. The van der Waals surface area contributed by atoms with E-state index in [0.29, 0.717) is 18.4 Å². The van der Waals surface area contributed by atoms with Gasteiger partial charge in [-0.3, -0.25) is 4.79 Å². The van der Waals surface area contributed by atoms with Crippen molar-refractivity contribution in [3.63, 3.8) is 0 Å². The topological polar surface area (TPSA) is 26.3 Å². The van der Waals surface area contributed by atoms with Crippen LogP contribution in [-0.2, 0) is 14.9 Å². The van der Waals surface area contributed by atoms with Crippen molar-refractivity contribution in [1.82, 2.24) is 0 Å². The quantitative estimate of drug-likeness (QED) is 0.151. The summed E-state index contributed by atoms with van der Waals surface area (Å²) in [5.41, 5.74) is 10.9. The maximum atomic E-state index is 13.3. The molecule has 13 fully saturated rings. The molecule has 0 aliphatic heterocycles. The Kier molecular flexibility index (Phi) is 4.82. The van der Waals surface area contributed by atoms with Gasteiger partial charge in [-0.1, -0.05) is 78.1 Å². The van der Waals surface area contributed by atoms with Gasteiger partial charge < -0.3 is 4.74 Å². The van der Waals surface area contributed by atoms with E-state index >= 15 is 0 Å². The molecule has 288 valence electrons. The van der Waals surface area contributed by atoms with Crippen LogP contribution in [0.25, 0.3) is 0 Å². The number of allylic oxidation sites excluding steroid dienone is 6. The van der Waals surface area contributed by atoms with Gasteiger partial charge in [-0.05, 0) is 217 Å². The molecule has 0 saturated heterocycles. The van der Waals surface area contributed by atoms with Crippen molar-refractivity contribution in [2.45, 2.75) is 83.0 Å². The fourth-order valence-electron chi connectivity index (χ4n) is 26.1. The Bertz CT molecular complexity index is 2210. The van der Waals surface area contributed by atoms with E-state index in [2.05, 4.69) is 66.1 Å². The highest BCUT2D eigenvalue weighted by molar-refractivity contribution is 5.69. The van der Waals surface area contributed by atoms with E-state index in [4.69, 9.17) is 4.74 Å². The first-order valence-electron chi connectivity index (χ1n) is 25.0. The van der Waals surface area contributed by atoms with Crippen molar-refractivity contribution >= 4 is 5.97 Å². The molecular weight excluding hydrogens is 681 g/mol. The summed E-state index contributed by atoms with van der Waals surface area (Å²) in [4.78, 5) is 13.3. The summed E-state index contributed by atoms with van der Waals surface area (Å²) >= 11 is 0. The number of unbranched alkanes of at least 4 members (excludes halogenated alkanes) is 1. The monoisotopic (exact) mass is 740 g/mol. The third-order valence-electron chi connectivity index (χ3n) is 25.1. The van der Waals surface area contributed by atoms with Crippen molar-refractivity contribution in [3.05, 3.63) is 70.3 Å². The molecule has 18 rings (SSSR count). The second-order valence-corrected chi connectivity index (χ2v) is 24.9. The van der Waals surface area contributed by atoms with Crippen molar-refractivity contribution in [1.29, 1.82) is 0 Å². The van der Waals surface area contributed by atoms with Gasteiger partial charge in [0.2, 0.25) is 0 Å². The molecule has 1 spiro atoms. The molecule has 1 aromatic carbocycles. The Morgan fingerprint density at radius 2 is 1.41 bits per heavy atom. The zero-order valence-corrected chi connectivity index (χ0v) is 33.4. The Hall–Kier alpha value is -2.09. The molecule has 0 radical (unpaired) electrons. The third kappa shape index (κ3) is 2.64. The number of hydrogen-bond donors (Lipinski definition) is 0. The maximum absolute atomic E-state index is 13.3. The van der Waals surface area contributed by atoms with Crippen molar-refractivity contribution in [2.75, 3.05) is 6.61 Å². The highest BCUT2D eigenvalue weighted by Gasteiger charge is 2.93. The van der Waals surface area contributed by atoms with Crippen molar-refractivity contribution < 1.29 is 9.53 Å². The van der Waals surface area contributed by atoms with E-state index in [1.165, 1.54) is 19.3 Å². The minimum Gasteiger partial charge on any atom is -0.466 e. The van der Waals surface area contributed by atoms with Gasteiger partial charge >= 0.3 is 5.97 Å². The van der Waals surface area contributed by atoms with E-state index in [9.17, 15) is 4.79 Å². The molecule has 0 amide bonds. The molecule has 0 bridgehead atoms. The molecule has 56 heavy (non-hydrogen) atoms. The molecule has 17 aliphatic rings.